The molecule has 1 N–H and O–H groups in total. The first-order chi connectivity index (χ1) is 17.8. The van der Waals surface area contributed by atoms with Gasteiger partial charge in [0.15, 0.2) is 11.5 Å². The largest absolute Gasteiger partial charge is 0.507 e. The van der Waals surface area contributed by atoms with E-state index in [1.54, 1.807) is 68.6 Å². The van der Waals surface area contributed by atoms with Crippen molar-refractivity contribution in [2.45, 2.75) is 26.0 Å². The number of aromatic nitrogens is 1. The molecule has 1 amide bonds. The minimum absolute atomic E-state index is 0.108. The molecule has 9 heteroatoms. The molecule has 1 unspecified atom stereocenters. The zero-order valence-corrected chi connectivity index (χ0v) is 20.2. The summed E-state index contributed by atoms with van der Waals surface area (Å²) < 4.78 is 16.4. The average molecular weight is 501 g/mol. The Kier molecular flexibility index (Phi) is 6.35. The Hall–Kier alpha value is -4.66. The SMILES string of the molecule is CC(C)OC(=O)c1ccc(N2C(=O)C(=O)/C(=C(\O)c3ccc4c(c3)OCCO4)C2c2ccccn2)cc1. The number of carbonyl (C=O) groups is 3. The number of carbonyl (C=O) groups excluding carboxylic acids is 3. The number of hydrogen-bond donors (Lipinski definition) is 1. The van der Waals surface area contributed by atoms with Crippen LogP contribution in [0.2, 0.25) is 0 Å². The Balaban J connectivity index is 1.59. The van der Waals surface area contributed by atoms with Crippen LogP contribution >= 0.6 is 0 Å². The van der Waals surface area contributed by atoms with Gasteiger partial charge >= 0.3 is 5.97 Å². The second kappa shape index (κ2) is 9.77. The number of pyridine rings is 1. The molecule has 2 aliphatic rings. The fraction of sp³-hybridized carbons (Fsp3) is 0.214. The molecule has 5 rings (SSSR count). The summed E-state index contributed by atoms with van der Waals surface area (Å²) >= 11 is 0. The summed E-state index contributed by atoms with van der Waals surface area (Å²) in [5.41, 5.74) is 1.25. The highest BCUT2D eigenvalue weighted by Crippen LogP contribution is 2.42. The summed E-state index contributed by atoms with van der Waals surface area (Å²) in [5, 5.41) is 11.3. The predicted octanol–water partition coefficient (Wildman–Crippen LogP) is 4.04. The zero-order valence-electron chi connectivity index (χ0n) is 20.2. The van der Waals surface area contributed by atoms with E-state index in [0.717, 1.165) is 0 Å². The van der Waals surface area contributed by atoms with E-state index in [0.29, 0.717) is 47.2 Å². The molecule has 3 aromatic rings. The fourth-order valence-electron chi connectivity index (χ4n) is 4.30. The minimum Gasteiger partial charge on any atom is -0.507 e. The lowest BCUT2D eigenvalue weighted by Crippen LogP contribution is -2.29. The van der Waals surface area contributed by atoms with Gasteiger partial charge in [-0.1, -0.05) is 6.07 Å². The lowest BCUT2D eigenvalue weighted by Gasteiger charge is -2.25. The summed E-state index contributed by atoms with van der Waals surface area (Å²) in [4.78, 5) is 44.5. The number of nitrogens with zero attached hydrogens (tertiary/aromatic N) is 2. The molecule has 0 saturated carbocycles. The fourth-order valence-corrected chi connectivity index (χ4v) is 4.30. The van der Waals surface area contributed by atoms with Crippen molar-refractivity contribution < 1.29 is 33.7 Å². The number of Topliss-reactive ketones (excluding diaryl/α,β-unsaturated/α-hetero) is 1. The minimum atomic E-state index is -0.997. The number of esters is 1. The first-order valence-corrected chi connectivity index (χ1v) is 11.8. The van der Waals surface area contributed by atoms with E-state index in [2.05, 4.69) is 4.98 Å². The maximum absolute atomic E-state index is 13.3. The first-order valence-electron chi connectivity index (χ1n) is 11.8. The van der Waals surface area contributed by atoms with Crippen LogP contribution in [0, 0.1) is 0 Å². The van der Waals surface area contributed by atoms with Crippen LogP contribution in [0.25, 0.3) is 5.76 Å². The van der Waals surface area contributed by atoms with Crippen LogP contribution in [-0.2, 0) is 14.3 Å². The molecule has 188 valence electrons. The standard InChI is InChI=1S/C28H24N2O7/c1-16(2)37-28(34)17-6-9-19(10-7-17)30-24(20-5-3-4-12-29-20)23(26(32)27(30)33)25(31)18-8-11-21-22(15-18)36-14-13-35-21/h3-12,15-16,24,31H,13-14H2,1-2H3/b25-23-. The van der Waals surface area contributed by atoms with Crippen LogP contribution < -0.4 is 14.4 Å². The van der Waals surface area contributed by atoms with E-state index >= 15 is 0 Å². The lowest BCUT2D eigenvalue weighted by atomic mass is 9.98. The van der Waals surface area contributed by atoms with Gasteiger partial charge in [-0.3, -0.25) is 19.5 Å². The van der Waals surface area contributed by atoms with Crippen molar-refractivity contribution in [3.05, 3.63) is 89.3 Å². The van der Waals surface area contributed by atoms with Crippen molar-refractivity contribution in [3.63, 3.8) is 0 Å². The summed E-state index contributed by atoms with van der Waals surface area (Å²) in [6.45, 7) is 4.27. The molecule has 0 spiro atoms. The molecule has 0 radical (unpaired) electrons. The molecular weight excluding hydrogens is 476 g/mol. The molecule has 37 heavy (non-hydrogen) atoms. The van der Waals surface area contributed by atoms with Gasteiger partial charge in [-0.05, 0) is 68.4 Å². The van der Waals surface area contributed by atoms with Gasteiger partial charge < -0.3 is 19.3 Å². The van der Waals surface area contributed by atoms with Gasteiger partial charge in [0.05, 0.1) is 22.9 Å². The molecule has 1 saturated heterocycles. The Morgan fingerprint density at radius 3 is 2.38 bits per heavy atom. The highest BCUT2D eigenvalue weighted by atomic mass is 16.6. The van der Waals surface area contributed by atoms with Crippen molar-refractivity contribution >= 4 is 29.1 Å². The van der Waals surface area contributed by atoms with Gasteiger partial charge in [-0.2, -0.15) is 0 Å². The first kappa shape index (κ1) is 24.1. The van der Waals surface area contributed by atoms with Gasteiger partial charge in [0.1, 0.15) is 25.0 Å². The van der Waals surface area contributed by atoms with Gasteiger partial charge in [-0.15, -0.1) is 0 Å². The van der Waals surface area contributed by atoms with E-state index in [-0.39, 0.29) is 17.4 Å². The van der Waals surface area contributed by atoms with Crippen molar-refractivity contribution in [2.24, 2.45) is 0 Å². The quantitative estimate of drug-likeness (QED) is 0.242. The number of fused-ring (bicyclic) bond motifs is 1. The monoisotopic (exact) mass is 500 g/mol. The third kappa shape index (κ3) is 4.51. The molecule has 1 fully saturated rings. The number of hydrogen-bond acceptors (Lipinski definition) is 8. The van der Waals surface area contributed by atoms with Crippen molar-refractivity contribution in [2.75, 3.05) is 18.1 Å². The van der Waals surface area contributed by atoms with Gasteiger partial charge in [0, 0.05) is 17.4 Å². The highest BCUT2D eigenvalue weighted by molar-refractivity contribution is 6.51. The zero-order chi connectivity index (χ0) is 26.1. The van der Waals surface area contributed by atoms with E-state index in [1.807, 2.05) is 0 Å². The van der Waals surface area contributed by atoms with Crippen LogP contribution in [0.5, 0.6) is 11.5 Å². The van der Waals surface area contributed by atoms with Crippen LogP contribution in [0.1, 0.15) is 41.5 Å². The Labute approximate surface area is 212 Å². The van der Waals surface area contributed by atoms with Crippen molar-refractivity contribution in [1.82, 2.24) is 4.98 Å². The lowest BCUT2D eigenvalue weighted by molar-refractivity contribution is -0.132. The van der Waals surface area contributed by atoms with Gasteiger partial charge in [0.25, 0.3) is 11.7 Å². The second-order valence-electron chi connectivity index (χ2n) is 8.78. The average Bonchev–Trinajstić information content (AvgIpc) is 3.18. The number of anilines is 1. The van der Waals surface area contributed by atoms with Crippen LogP contribution in [-0.4, -0.2) is 47.1 Å². The smallest absolute Gasteiger partial charge is 0.338 e. The van der Waals surface area contributed by atoms with Gasteiger partial charge in [-0.25, -0.2) is 4.79 Å². The molecule has 0 aliphatic carbocycles. The Morgan fingerprint density at radius 1 is 1.00 bits per heavy atom. The molecule has 2 aromatic carbocycles. The maximum Gasteiger partial charge on any atom is 0.338 e. The number of aliphatic hydroxyl groups excluding tert-OH is 1. The summed E-state index contributed by atoms with van der Waals surface area (Å²) in [7, 11) is 0. The third-order valence-electron chi connectivity index (χ3n) is 5.95. The third-order valence-corrected chi connectivity index (χ3v) is 5.95. The number of ether oxygens (including phenoxy) is 3. The predicted molar refractivity (Wildman–Crippen MR) is 133 cm³/mol. The Bertz CT molecular complexity index is 1400. The van der Waals surface area contributed by atoms with Crippen molar-refractivity contribution in [3.8, 4) is 11.5 Å². The normalized spacial score (nSPS) is 18.2. The molecule has 2 aliphatic heterocycles. The summed E-state index contributed by atoms with van der Waals surface area (Å²) in [6, 6.07) is 15.1. The van der Waals surface area contributed by atoms with E-state index in [9.17, 15) is 19.5 Å². The summed E-state index contributed by atoms with van der Waals surface area (Å²) in [6.07, 6.45) is 1.26. The van der Waals surface area contributed by atoms with Crippen LogP contribution in [0.15, 0.2) is 72.4 Å². The van der Waals surface area contributed by atoms with E-state index < -0.39 is 23.7 Å². The number of ketones is 1. The topological polar surface area (TPSA) is 115 Å². The summed E-state index contributed by atoms with van der Waals surface area (Å²) in [5.74, 6) is -1.57. The number of rotatable bonds is 5. The molecular formula is C28H24N2O7. The molecule has 1 aromatic heterocycles. The second-order valence-corrected chi connectivity index (χ2v) is 8.78. The van der Waals surface area contributed by atoms with Crippen LogP contribution in [0.4, 0.5) is 5.69 Å². The molecule has 3 heterocycles. The number of aliphatic hydroxyl groups is 1. The Morgan fingerprint density at radius 2 is 1.70 bits per heavy atom. The van der Waals surface area contributed by atoms with E-state index in [4.69, 9.17) is 14.2 Å². The maximum atomic E-state index is 13.3. The molecule has 0 bridgehead atoms. The number of amides is 1. The molecule has 9 nitrogen and oxygen atoms in total. The van der Waals surface area contributed by atoms with Gasteiger partial charge in [0.2, 0.25) is 0 Å². The van der Waals surface area contributed by atoms with Crippen molar-refractivity contribution in [1.29, 1.82) is 0 Å². The highest BCUT2D eigenvalue weighted by Gasteiger charge is 2.47. The van der Waals surface area contributed by atoms with Crippen LogP contribution in [0.3, 0.4) is 0 Å². The van der Waals surface area contributed by atoms with E-state index in [1.165, 1.54) is 17.0 Å². The molecule has 1 atom stereocenters. The number of benzene rings is 2.